The van der Waals surface area contributed by atoms with Crippen molar-refractivity contribution < 1.29 is 24.2 Å². The Kier molecular flexibility index (Phi) is 7.86. The summed E-state index contributed by atoms with van der Waals surface area (Å²) in [6.07, 6.45) is 1.65. The zero-order chi connectivity index (χ0) is 22.9. The van der Waals surface area contributed by atoms with E-state index < -0.39 is 5.97 Å². The van der Waals surface area contributed by atoms with Crippen LogP contribution in [0.25, 0.3) is 0 Å². The van der Waals surface area contributed by atoms with Gasteiger partial charge in [-0.25, -0.2) is 4.79 Å². The van der Waals surface area contributed by atoms with Crippen LogP contribution in [0.1, 0.15) is 38.3 Å². The van der Waals surface area contributed by atoms with Crippen molar-refractivity contribution in [2.24, 2.45) is 0 Å². The van der Waals surface area contributed by atoms with Gasteiger partial charge in [0.1, 0.15) is 11.5 Å². The lowest BCUT2D eigenvalue weighted by Crippen LogP contribution is -2.32. The van der Waals surface area contributed by atoms with Crippen molar-refractivity contribution >= 4 is 11.9 Å². The van der Waals surface area contributed by atoms with E-state index in [9.17, 15) is 9.59 Å². The Morgan fingerprint density at radius 2 is 1.44 bits per heavy atom. The largest absolute Gasteiger partial charge is 0.497 e. The van der Waals surface area contributed by atoms with Crippen molar-refractivity contribution in [1.29, 1.82) is 0 Å². The van der Waals surface area contributed by atoms with Crippen LogP contribution in [-0.2, 0) is 13.0 Å². The number of benzene rings is 3. The fraction of sp³-hybridized carbons (Fsp3) is 0.231. The van der Waals surface area contributed by atoms with Crippen molar-refractivity contribution in [3.8, 4) is 11.5 Å². The molecule has 3 aromatic carbocycles. The number of methoxy groups -OCH3 is 2. The first-order valence-corrected chi connectivity index (χ1v) is 10.4. The number of aryl methyl sites for hydroxylation is 1. The summed E-state index contributed by atoms with van der Waals surface area (Å²) in [4.78, 5) is 26.3. The summed E-state index contributed by atoms with van der Waals surface area (Å²) in [5.41, 5.74) is 2.77. The molecule has 0 aromatic heterocycles. The van der Waals surface area contributed by atoms with Gasteiger partial charge in [0.05, 0.1) is 19.8 Å². The van der Waals surface area contributed by atoms with Crippen LogP contribution in [0.4, 0.5) is 0 Å². The fourth-order valence-corrected chi connectivity index (χ4v) is 3.46. The van der Waals surface area contributed by atoms with Crippen LogP contribution in [0.5, 0.6) is 11.5 Å². The van der Waals surface area contributed by atoms with Gasteiger partial charge in [-0.3, -0.25) is 4.79 Å². The lowest BCUT2D eigenvalue weighted by molar-refractivity contribution is 0.0694. The van der Waals surface area contributed by atoms with Crippen LogP contribution in [0, 0.1) is 0 Å². The first kappa shape index (κ1) is 22.9. The van der Waals surface area contributed by atoms with E-state index in [-0.39, 0.29) is 11.5 Å². The summed E-state index contributed by atoms with van der Waals surface area (Å²) < 4.78 is 10.6. The summed E-state index contributed by atoms with van der Waals surface area (Å²) in [7, 11) is 3.09. The third-order valence-electron chi connectivity index (χ3n) is 5.20. The number of carboxylic acids is 1. The number of amides is 1. The molecule has 1 N–H and O–H groups in total. The topological polar surface area (TPSA) is 76.1 Å². The van der Waals surface area contributed by atoms with Crippen LogP contribution in [0.2, 0.25) is 0 Å². The van der Waals surface area contributed by atoms with Gasteiger partial charge < -0.3 is 19.5 Å². The lowest BCUT2D eigenvalue weighted by Gasteiger charge is -2.24. The highest BCUT2D eigenvalue weighted by molar-refractivity contribution is 5.95. The van der Waals surface area contributed by atoms with Gasteiger partial charge in [-0.1, -0.05) is 42.5 Å². The molecule has 0 unspecified atom stereocenters. The van der Waals surface area contributed by atoms with Crippen LogP contribution < -0.4 is 9.47 Å². The number of carbonyl (C=O) groups excluding carboxylic acids is 1. The quantitative estimate of drug-likeness (QED) is 0.503. The highest BCUT2D eigenvalue weighted by Gasteiger charge is 2.18. The Balaban J connectivity index is 1.81. The highest BCUT2D eigenvalue weighted by atomic mass is 16.5. The van der Waals surface area contributed by atoms with Gasteiger partial charge in [0.2, 0.25) is 0 Å². The molecular weight excluding hydrogens is 406 g/mol. The molecule has 0 spiro atoms. The number of rotatable bonds is 10. The van der Waals surface area contributed by atoms with Crippen molar-refractivity contribution in [3.63, 3.8) is 0 Å². The lowest BCUT2D eigenvalue weighted by atomic mass is 10.1. The third-order valence-corrected chi connectivity index (χ3v) is 5.20. The van der Waals surface area contributed by atoms with Gasteiger partial charge in [-0.2, -0.15) is 0 Å². The summed E-state index contributed by atoms with van der Waals surface area (Å²) in [6.45, 7) is 0.918. The molecule has 0 saturated heterocycles. The van der Waals surface area contributed by atoms with Crippen LogP contribution in [0.15, 0.2) is 72.8 Å². The molecular formula is C26H27NO5. The minimum Gasteiger partial charge on any atom is -0.497 e. The molecule has 0 saturated carbocycles. The van der Waals surface area contributed by atoms with Gasteiger partial charge in [-0.15, -0.1) is 0 Å². The van der Waals surface area contributed by atoms with Gasteiger partial charge in [0.15, 0.2) is 0 Å². The minimum atomic E-state index is -0.976. The van der Waals surface area contributed by atoms with Crippen molar-refractivity contribution in [2.75, 3.05) is 20.8 Å². The van der Waals surface area contributed by atoms with E-state index in [1.54, 1.807) is 61.6 Å². The number of carboxylic acid groups (broad SMARTS) is 1. The van der Waals surface area contributed by atoms with Crippen LogP contribution >= 0.6 is 0 Å². The summed E-state index contributed by atoms with van der Waals surface area (Å²) in [5.74, 6) is -0.0288. The Labute approximate surface area is 188 Å². The van der Waals surface area contributed by atoms with Crippen LogP contribution in [0.3, 0.4) is 0 Å². The van der Waals surface area contributed by atoms with Crippen molar-refractivity contribution in [1.82, 2.24) is 4.90 Å². The molecule has 6 heteroatoms. The average molecular weight is 434 g/mol. The fourth-order valence-electron chi connectivity index (χ4n) is 3.46. The molecule has 0 atom stereocenters. The predicted octanol–water partition coefficient (Wildman–Crippen LogP) is 4.68. The van der Waals surface area contributed by atoms with Gasteiger partial charge >= 0.3 is 5.97 Å². The molecule has 0 aliphatic carbocycles. The molecule has 32 heavy (non-hydrogen) atoms. The zero-order valence-corrected chi connectivity index (χ0v) is 18.3. The Bertz CT molecular complexity index is 1030. The van der Waals surface area contributed by atoms with Gasteiger partial charge in [0.25, 0.3) is 5.91 Å². The minimum absolute atomic E-state index is 0.141. The molecule has 0 aliphatic rings. The maximum absolute atomic E-state index is 13.4. The molecule has 166 valence electrons. The Morgan fingerprint density at radius 1 is 0.812 bits per heavy atom. The molecule has 0 bridgehead atoms. The highest BCUT2D eigenvalue weighted by Crippen LogP contribution is 2.24. The monoisotopic (exact) mass is 433 g/mol. The second kappa shape index (κ2) is 11.0. The Hall–Kier alpha value is -3.80. The molecule has 0 aliphatic heterocycles. The molecule has 1 amide bonds. The van der Waals surface area contributed by atoms with E-state index in [2.05, 4.69) is 12.1 Å². The predicted molar refractivity (Wildman–Crippen MR) is 122 cm³/mol. The molecule has 0 radical (unpaired) electrons. The van der Waals surface area contributed by atoms with E-state index in [0.717, 1.165) is 18.4 Å². The second-order valence-corrected chi connectivity index (χ2v) is 7.42. The zero-order valence-electron chi connectivity index (χ0n) is 18.3. The molecule has 0 fully saturated rings. The molecule has 3 rings (SSSR count). The summed E-state index contributed by atoms with van der Waals surface area (Å²) >= 11 is 0. The molecule has 3 aromatic rings. The first-order chi connectivity index (χ1) is 15.5. The van der Waals surface area contributed by atoms with E-state index in [4.69, 9.17) is 14.6 Å². The average Bonchev–Trinajstić information content (AvgIpc) is 2.83. The normalized spacial score (nSPS) is 10.4. The number of hydrogen-bond donors (Lipinski definition) is 1. The number of aromatic carboxylic acids is 1. The SMILES string of the molecule is COc1cc(OC)cc(C(=O)N(CCCc2ccccc2)Cc2ccc(C(=O)O)cc2)c1. The molecule has 6 nitrogen and oxygen atoms in total. The number of carbonyl (C=O) groups is 2. The standard InChI is InChI=1S/C26H27NO5/c1-31-23-15-22(16-24(17-23)32-2)25(28)27(14-6-9-19-7-4-3-5-8-19)18-20-10-12-21(13-11-20)26(29)30/h3-5,7-8,10-13,15-17H,6,9,14,18H2,1-2H3,(H,29,30). The maximum Gasteiger partial charge on any atom is 0.335 e. The molecule has 0 heterocycles. The number of ether oxygens (including phenoxy) is 2. The number of nitrogens with zero attached hydrogens (tertiary/aromatic N) is 1. The van der Waals surface area contributed by atoms with Gasteiger partial charge in [-0.05, 0) is 48.2 Å². The maximum atomic E-state index is 13.4. The van der Waals surface area contributed by atoms with Crippen molar-refractivity contribution in [2.45, 2.75) is 19.4 Å². The van der Waals surface area contributed by atoms with E-state index >= 15 is 0 Å². The first-order valence-electron chi connectivity index (χ1n) is 10.4. The van der Waals surface area contributed by atoms with E-state index in [0.29, 0.717) is 30.2 Å². The van der Waals surface area contributed by atoms with Gasteiger partial charge in [0, 0.05) is 24.7 Å². The summed E-state index contributed by atoms with van der Waals surface area (Å²) in [6, 6.07) is 21.9. The van der Waals surface area contributed by atoms with Crippen molar-refractivity contribution in [3.05, 3.63) is 95.1 Å². The van der Waals surface area contributed by atoms with Crippen LogP contribution in [-0.4, -0.2) is 42.6 Å². The van der Waals surface area contributed by atoms with E-state index in [1.807, 2.05) is 18.2 Å². The second-order valence-electron chi connectivity index (χ2n) is 7.42. The smallest absolute Gasteiger partial charge is 0.335 e. The van der Waals surface area contributed by atoms with E-state index in [1.165, 1.54) is 5.56 Å². The number of hydrogen-bond acceptors (Lipinski definition) is 4. The summed E-state index contributed by atoms with van der Waals surface area (Å²) in [5, 5.41) is 9.13. The Morgan fingerprint density at radius 3 is 2.00 bits per heavy atom. The third kappa shape index (κ3) is 6.11.